The first-order valence-electron chi connectivity index (χ1n) is 6.08. The summed E-state index contributed by atoms with van der Waals surface area (Å²) in [4.78, 5) is 16.3. The van der Waals surface area contributed by atoms with Crippen molar-refractivity contribution in [1.29, 1.82) is 0 Å². The number of rotatable bonds is 3. The van der Waals surface area contributed by atoms with E-state index >= 15 is 0 Å². The average Bonchev–Trinajstić information content (AvgIpc) is 2.47. The maximum atomic E-state index is 11.9. The standard InChI is InChI=1S/C15H11ClN2O2/c16-11-4-6-13(7-5-11)20-10-12-9-15(19)18-8-2-1-3-14(18)17-12/h1-9H,10H2. The molecule has 5 heteroatoms. The Bertz CT molecular complexity index is 797. The lowest BCUT2D eigenvalue weighted by atomic mass is 10.3. The van der Waals surface area contributed by atoms with Crippen molar-refractivity contribution in [3.63, 3.8) is 0 Å². The molecule has 0 radical (unpaired) electrons. The number of benzene rings is 1. The van der Waals surface area contributed by atoms with Crippen LogP contribution in [0.15, 0.2) is 59.5 Å². The van der Waals surface area contributed by atoms with Crippen molar-refractivity contribution in [2.45, 2.75) is 6.61 Å². The Hall–Kier alpha value is -2.33. The monoisotopic (exact) mass is 286 g/mol. The van der Waals surface area contributed by atoms with Crippen LogP contribution < -0.4 is 10.3 Å². The summed E-state index contributed by atoms with van der Waals surface area (Å²) in [6.07, 6.45) is 1.69. The van der Waals surface area contributed by atoms with Crippen LogP contribution in [0.2, 0.25) is 5.02 Å². The SMILES string of the molecule is O=c1cc(COc2ccc(Cl)cc2)nc2ccccn12. The predicted octanol–water partition coefficient (Wildman–Crippen LogP) is 2.93. The largest absolute Gasteiger partial charge is 0.487 e. The first kappa shape index (κ1) is 12.7. The van der Waals surface area contributed by atoms with E-state index in [1.165, 1.54) is 10.5 Å². The Labute approximate surface area is 120 Å². The summed E-state index contributed by atoms with van der Waals surface area (Å²) in [6.45, 7) is 0.238. The zero-order valence-electron chi connectivity index (χ0n) is 10.5. The Morgan fingerprint density at radius 1 is 1.15 bits per heavy atom. The number of nitrogens with zero attached hydrogens (tertiary/aromatic N) is 2. The van der Waals surface area contributed by atoms with E-state index in [0.29, 0.717) is 22.1 Å². The van der Waals surface area contributed by atoms with Crippen LogP contribution in [-0.4, -0.2) is 9.38 Å². The molecule has 0 amide bonds. The molecule has 3 aromatic rings. The molecule has 3 rings (SSSR count). The summed E-state index contributed by atoms with van der Waals surface area (Å²) in [7, 11) is 0. The quantitative estimate of drug-likeness (QED) is 0.743. The number of aromatic nitrogens is 2. The molecule has 0 atom stereocenters. The Morgan fingerprint density at radius 3 is 2.75 bits per heavy atom. The van der Waals surface area contributed by atoms with Crippen LogP contribution in [0.1, 0.15) is 5.69 Å². The molecule has 2 aromatic heterocycles. The van der Waals surface area contributed by atoms with Gasteiger partial charge in [-0.1, -0.05) is 17.7 Å². The molecule has 0 aliphatic heterocycles. The molecule has 0 fully saturated rings. The van der Waals surface area contributed by atoms with Crippen LogP contribution in [0, 0.1) is 0 Å². The van der Waals surface area contributed by atoms with Gasteiger partial charge in [-0.05, 0) is 36.4 Å². The van der Waals surface area contributed by atoms with Crippen molar-refractivity contribution in [2.24, 2.45) is 0 Å². The van der Waals surface area contributed by atoms with E-state index in [0.717, 1.165) is 0 Å². The van der Waals surface area contributed by atoms with Gasteiger partial charge in [0.2, 0.25) is 0 Å². The van der Waals surface area contributed by atoms with Crippen LogP contribution in [0.5, 0.6) is 5.75 Å². The van der Waals surface area contributed by atoms with Crippen molar-refractivity contribution in [3.8, 4) is 5.75 Å². The molecule has 0 aliphatic carbocycles. The minimum absolute atomic E-state index is 0.120. The fourth-order valence-electron chi connectivity index (χ4n) is 1.87. The van der Waals surface area contributed by atoms with Gasteiger partial charge in [-0.3, -0.25) is 9.20 Å². The lowest BCUT2D eigenvalue weighted by molar-refractivity contribution is 0.301. The molecule has 0 unspecified atom stereocenters. The zero-order valence-corrected chi connectivity index (χ0v) is 11.2. The van der Waals surface area contributed by atoms with Gasteiger partial charge in [0.25, 0.3) is 5.56 Å². The Balaban J connectivity index is 1.84. The predicted molar refractivity (Wildman–Crippen MR) is 77.2 cm³/mol. The van der Waals surface area contributed by atoms with Gasteiger partial charge in [0.1, 0.15) is 18.0 Å². The molecule has 2 heterocycles. The van der Waals surface area contributed by atoms with E-state index in [-0.39, 0.29) is 12.2 Å². The van der Waals surface area contributed by atoms with Crippen molar-refractivity contribution >= 4 is 17.2 Å². The highest BCUT2D eigenvalue weighted by molar-refractivity contribution is 6.30. The Kier molecular flexibility index (Phi) is 3.39. The van der Waals surface area contributed by atoms with Gasteiger partial charge in [-0.15, -0.1) is 0 Å². The summed E-state index contributed by atoms with van der Waals surface area (Å²) >= 11 is 5.80. The average molecular weight is 287 g/mol. The first-order valence-corrected chi connectivity index (χ1v) is 6.46. The summed E-state index contributed by atoms with van der Waals surface area (Å²) in [6, 6.07) is 13.9. The second kappa shape index (κ2) is 5.35. The molecule has 0 saturated heterocycles. The van der Waals surface area contributed by atoms with E-state index in [4.69, 9.17) is 16.3 Å². The molecule has 0 spiro atoms. The van der Waals surface area contributed by atoms with Crippen molar-refractivity contribution in [2.75, 3.05) is 0 Å². The van der Waals surface area contributed by atoms with E-state index in [9.17, 15) is 4.79 Å². The molecule has 20 heavy (non-hydrogen) atoms. The third kappa shape index (κ3) is 2.65. The number of pyridine rings is 1. The highest BCUT2D eigenvalue weighted by atomic mass is 35.5. The third-order valence-electron chi connectivity index (χ3n) is 2.82. The molecule has 0 saturated carbocycles. The molecule has 1 aromatic carbocycles. The summed E-state index contributed by atoms with van der Waals surface area (Å²) in [5.74, 6) is 0.685. The minimum atomic E-state index is -0.120. The fourth-order valence-corrected chi connectivity index (χ4v) is 1.99. The maximum absolute atomic E-state index is 11.9. The molecular formula is C15H11ClN2O2. The van der Waals surface area contributed by atoms with Gasteiger partial charge < -0.3 is 4.74 Å². The lowest BCUT2D eigenvalue weighted by Crippen LogP contribution is -2.16. The Morgan fingerprint density at radius 2 is 1.95 bits per heavy atom. The van der Waals surface area contributed by atoms with Gasteiger partial charge >= 0.3 is 0 Å². The fraction of sp³-hybridized carbons (Fsp3) is 0.0667. The number of hydrogen-bond donors (Lipinski definition) is 0. The third-order valence-corrected chi connectivity index (χ3v) is 3.08. The number of ether oxygens (including phenoxy) is 1. The van der Waals surface area contributed by atoms with E-state index in [1.807, 2.05) is 6.07 Å². The minimum Gasteiger partial charge on any atom is -0.487 e. The highest BCUT2D eigenvalue weighted by Gasteiger charge is 2.02. The molecule has 0 bridgehead atoms. The van der Waals surface area contributed by atoms with Crippen LogP contribution in [0.3, 0.4) is 0 Å². The normalized spacial score (nSPS) is 10.7. The van der Waals surface area contributed by atoms with Crippen molar-refractivity contribution in [1.82, 2.24) is 9.38 Å². The molecule has 4 nitrogen and oxygen atoms in total. The smallest absolute Gasteiger partial charge is 0.258 e. The van der Waals surface area contributed by atoms with E-state index in [2.05, 4.69) is 4.98 Å². The number of halogens is 1. The van der Waals surface area contributed by atoms with Crippen LogP contribution >= 0.6 is 11.6 Å². The zero-order chi connectivity index (χ0) is 13.9. The highest BCUT2D eigenvalue weighted by Crippen LogP contribution is 2.16. The molecule has 100 valence electrons. The number of hydrogen-bond acceptors (Lipinski definition) is 3. The van der Waals surface area contributed by atoms with Crippen LogP contribution in [0.4, 0.5) is 0 Å². The molecular weight excluding hydrogens is 276 g/mol. The van der Waals surface area contributed by atoms with E-state index < -0.39 is 0 Å². The summed E-state index contributed by atoms with van der Waals surface area (Å²) in [5.41, 5.74) is 1.08. The maximum Gasteiger partial charge on any atom is 0.258 e. The van der Waals surface area contributed by atoms with Crippen molar-refractivity contribution < 1.29 is 4.74 Å². The van der Waals surface area contributed by atoms with Gasteiger partial charge in [0.05, 0.1) is 5.69 Å². The van der Waals surface area contributed by atoms with Gasteiger partial charge in [0.15, 0.2) is 0 Å². The van der Waals surface area contributed by atoms with E-state index in [1.54, 1.807) is 42.6 Å². The lowest BCUT2D eigenvalue weighted by Gasteiger charge is -2.06. The topological polar surface area (TPSA) is 43.6 Å². The van der Waals surface area contributed by atoms with Crippen molar-refractivity contribution in [3.05, 3.63) is 75.8 Å². The van der Waals surface area contributed by atoms with Crippen LogP contribution in [-0.2, 0) is 6.61 Å². The van der Waals surface area contributed by atoms with Gasteiger partial charge in [0, 0.05) is 17.3 Å². The molecule has 0 aliphatic rings. The first-order chi connectivity index (χ1) is 9.72. The van der Waals surface area contributed by atoms with Gasteiger partial charge in [-0.25, -0.2) is 4.98 Å². The van der Waals surface area contributed by atoms with Crippen LogP contribution in [0.25, 0.3) is 5.65 Å². The summed E-state index contributed by atoms with van der Waals surface area (Å²) in [5, 5.41) is 0.652. The second-order valence-electron chi connectivity index (χ2n) is 4.26. The number of fused-ring (bicyclic) bond motifs is 1. The summed E-state index contributed by atoms with van der Waals surface area (Å²) < 4.78 is 7.07. The second-order valence-corrected chi connectivity index (χ2v) is 4.69. The van der Waals surface area contributed by atoms with Gasteiger partial charge in [-0.2, -0.15) is 0 Å². The molecule has 0 N–H and O–H groups in total.